The van der Waals surface area contributed by atoms with Gasteiger partial charge in [0.25, 0.3) is 0 Å². The van der Waals surface area contributed by atoms with E-state index in [9.17, 15) is 4.79 Å². The molecule has 0 aromatic rings. The molecule has 0 heterocycles. The van der Waals surface area contributed by atoms with E-state index in [0.717, 1.165) is 12.8 Å². The molecular weight excluding hydrogens is 206 g/mol. The number of amides is 1. The lowest BCUT2D eigenvalue weighted by molar-refractivity contribution is 0.0492. The minimum atomic E-state index is -0.467. The molecular formula is C12H25NO3. The topological polar surface area (TPSA) is 58.6 Å². The lowest BCUT2D eigenvalue weighted by Gasteiger charge is -2.24. The molecule has 0 unspecified atom stereocenters. The maximum absolute atomic E-state index is 11.5. The van der Waals surface area contributed by atoms with Crippen LogP contribution in [0.25, 0.3) is 0 Å². The van der Waals surface area contributed by atoms with Crippen LogP contribution in [-0.2, 0) is 4.74 Å². The SMILES string of the molecule is CC[C@H](C[C@@H](C)CO)NC(=O)OC(C)(C)C. The predicted molar refractivity (Wildman–Crippen MR) is 64.3 cm³/mol. The third-order valence-electron chi connectivity index (χ3n) is 2.21. The number of alkyl carbamates (subject to hydrolysis) is 1. The molecule has 2 N–H and O–H groups in total. The molecule has 4 nitrogen and oxygen atoms in total. The molecule has 1 amide bonds. The van der Waals surface area contributed by atoms with Crippen LogP contribution in [0.3, 0.4) is 0 Å². The molecule has 0 saturated carbocycles. The maximum atomic E-state index is 11.5. The Labute approximate surface area is 98.4 Å². The molecule has 0 radical (unpaired) electrons. The largest absolute Gasteiger partial charge is 0.444 e. The number of nitrogens with one attached hydrogen (secondary N) is 1. The number of carbonyl (C=O) groups is 1. The minimum absolute atomic E-state index is 0.0667. The summed E-state index contributed by atoms with van der Waals surface area (Å²) in [5.41, 5.74) is -0.467. The Bertz CT molecular complexity index is 211. The van der Waals surface area contributed by atoms with Crippen molar-refractivity contribution in [3.8, 4) is 0 Å². The van der Waals surface area contributed by atoms with Crippen LogP contribution < -0.4 is 5.32 Å². The summed E-state index contributed by atoms with van der Waals surface area (Å²) in [5.74, 6) is 0.194. The summed E-state index contributed by atoms with van der Waals surface area (Å²) >= 11 is 0. The van der Waals surface area contributed by atoms with Gasteiger partial charge in [-0.1, -0.05) is 13.8 Å². The first kappa shape index (κ1) is 15.2. The van der Waals surface area contributed by atoms with E-state index in [0.29, 0.717) is 0 Å². The van der Waals surface area contributed by atoms with Crippen molar-refractivity contribution in [2.24, 2.45) is 5.92 Å². The Hall–Kier alpha value is -0.770. The first-order valence-corrected chi connectivity index (χ1v) is 5.88. The van der Waals surface area contributed by atoms with Crippen LogP contribution in [0.15, 0.2) is 0 Å². The van der Waals surface area contributed by atoms with Gasteiger partial charge in [-0.25, -0.2) is 4.79 Å². The molecule has 0 bridgehead atoms. The summed E-state index contributed by atoms with van der Waals surface area (Å²) in [5, 5.41) is 11.8. The van der Waals surface area contributed by atoms with Gasteiger partial charge >= 0.3 is 6.09 Å². The van der Waals surface area contributed by atoms with E-state index in [-0.39, 0.29) is 24.7 Å². The molecule has 0 aromatic carbocycles. The Balaban J connectivity index is 4.07. The molecule has 0 aromatic heterocycles. The molecule has 0 rings (SSSR count). The Morgan fingerprint density at radius 1 is 1.44 bits per heavy atom. The van der Waals surface area contributed by atoms with Crippen LogP contribution >= 0.6 is 0 Å². The van der Waals surface area contributed by atoms with Crippen molar-refractivity contribution in [3.05, 3.63) is 0 Å². The Morgan fingerprint density at radius 3 is 2.38 bits per heavy atom. The number of carbonyl (C=O) groups excluding carboxylic acids is 1. The van der Waals surface area contributed by atoms with Crippen LogP contribution in [0.5, 0.6) is 0 Å². The van der Waals surface area contributed by atoms with Gasteiger partial charge in [-0.05, 0) is 39.5 Å². The number of rotatable bonds is 5. The van der Waals surface area contributed by atoms with E-state index < -0.39 is 5.60 Å². The molecule has 96 valence electrons. The molecule has 0 aliphatic rings. The fraction of sp³-hybridized carbons (Fsp3) is 0.917. The molecule has 0 aliphatic heterocycles. The highest BCUT2D eigenvalue weighted by molar-refractivity contribution is 5.68. The molecule has 4 heteroatoms. The summed E-state index contributed by atoms with van der Waals surface area (Å²) in [4.78, 5) is 11.5. The fourth-order valence-corrected chi connectivity index (χ4v) is 1.36. The summed E-state index contributed by atoms with van der Waals surface area (Å²) in [6.07, 6.45) is 1.22. The van der Waals surface area contributed by atoms with Gasteiger partial charge in [-0.15, -0.1) is 0 Å². The fourth-order valence-electron chi connectivity index (χ4n) is 1.36. The smallest absolute Gasteiger partial charge is 0.407 e. The molecule has 0 fully saturated rings. The number of hydrogen-bond acceptors (Lipinski definition) is 3. The zero-order valence-electron chi connectivity index (χ0n) is 11.0. The van der Waals surface area contributed by atoms with Crippen molar-refractivity contribution < 1.29 is 14.6 Å². The first-order chi connectivity index (χ1) is 7.28. The van der Waals surface area contributed by atoms with Crippen LogP contribution in [0.4, 0.5) is 4.79 Å². The van der Waals surface area contributed by atoms with Gasteiger partial charge in [0, 0.05) is 12.6 Å². The number of aliphatic hydroxyl groups excluding tert-OH is 1. The van der Waals surface area contributed by atoms with Crippen molar-refractivity contribution in [3.63, 3.8) is 0 Å². The summed E-state index contributed by atoms with van der Waals surface area (Å²) in [6.45, 7) is 9.62. The number of ether oxygens (including phenoxy) is 1. The second kappa shape index (κ2) is 6.74. The third kappa shape index (κ3) is 7.51. The summed E-state index contributed by atoms with van der Waals surface area (Å²) in [6, 6.07) is 0.0667. The van der Waals surface area contributed by atoms with Crippen molar-refractivity contribution in [2.45, 2.75) is 59.1 Å². The van der Waals surface area contributed by atoms with Crippen LogP contribution in [0, 0.1) is 5.92 Å². The summed E-state index contributed by atoms with van der Waals surface area (Å²) in [7, 11) is 0. The van der Waals surface area contributed by atoms with Gasteiger partial charge in [-0.3, -0.25) is 0 Å². The molecule has 0 aliphatic carbocycles. The monoisotopic (exact) mass is 231 g/mol. The van der Waals surface area contributed by atoms with Gasteiger partial charge in [0.05, 0.1) is 0 Å². The van der Waals surface area contributed by atoms with E-state index >= 15 is 0 Å². The summed E-state index contributed by atoms with van der Waals surface area (Å²) < 4.78 is 5.17. The normalized spacial score (nSPS) is 15.4. The Kier molecular flexibility index (Phi) is 6.41. The Morgan fingerprint density at radius 2 is 2.00 bits per heavy atom. The average Bonchev–Trinajstić information content (AvgIpc) is 2.13. The van der Waals surface area contributed by atoms with Gasteiger partial charge in [0.15, 0.2) is 0 Å². The highest BCUT2D eigenvalue weighted by atomic mass is 16.6. The van der Waals surface area contributed by atoms with E-state index in [2.05, 4.69) is 5.32 Å². The first-order valence-electron chi connectivity index (χ1n) is 5.88. The van der Waals surface area contributed by atoms with Gasteiger partial charge in [0.2, 0.25) is 0 Å². The second-order valence-corrected chi connectivity index (χ2v) is 5.27. The minimum Gasteiger partial charge on any atom is -0.444 e. The second-order valence-electron chi connectivity index (χ2n) is 5.27. The van der Waals surface area contributed by atoms with E-state index in [4.69, 9.17) is 9.84 Å². The van der Waals surface area contributed by atoms with Crippen molar-refractivity contribution >= 4 is 6.09 Å². The highest BCUT2D eigenvalue weighted by Gasteiger charge is 2.19. The van der Waals surface area contributed by atoms with Crippen LogP contribution in [0.1, 0.15) is 47.5 Å². The van der Waals surface area contributed by atoms with E-state index in [1.807, 2.05) is 34.6 Å². The van der Waals surface area contributed by atoms with Crippen molar-refractivity contribution in [1.82, 2.24) is 5.32 Å². The zero-order chi connectivity index (χ0) is 12.8. The van der Waals surface area contributed by atoms with Gasteiger partial charge in [0.1, 0.15) is 5.60 Å². The molecule has 0 saturated heterocycles. The quantitative estimate of drug-likeness (QED) is 0.763. The lowest BCUT2D eigenvalue weighted by Crippen LogP contribution is -2.39. The number of aliphatic hydroxyl groups is 1. The van der Waals surface area contributed by atoms with Gasteiger partial charge < -0.3 is 15.2 Å². The van der Waals surface area contributed by atoms with E-state index in [1.165, 1.54) is 0 Å². The lowest BCUT2D eigenvalue weighted by atomic mass is 10.0. The molecule has 0 spiro atoms. The van der Waals surface area contributed by atoms with E-state index in [1.54, 1.807) is 0 Å². The van der Waals surface area contributed by atoms with Crippen molar-refractivity contribution in [2.75, 3.05) is 6.61 Å². The molecule has 16 heavy (non-hydrogen) atoms. The van der Waals surface area contributed by atoms with Crippen LogP contribution in [-0.4, -0.2) is 29.4 Å². The van der Waals surface area contributed by atoms with Crippen molar-refractivity contribution in [1.29, 1.82) is 0 Å². The number of hydrogen-bond donors (Lipinski definition) is 2. The third-order valence-corrected chi connectivity index (χ3v) is 2.21. The average molecular weight is 231 g/mol. The van der Waals surface area contributed by atoms with Crippen LogP contribution in [0.2, 0.25) is 0 Å². The predicted octanol–water partition coefficient (Wildman–Crippen LogP) is 2.31. The standard InChI is InChI=1S/C12H25NO3/c1-6-10(7-9(2)8-14)13-11(15)16-12(3,4)5/h9-10,14H,6-8H2,1-5H3,(H,13,15)/t9-,10-/m1/s1. The maximum Gasteiger partial charge on any atom is 0.407 e. The molecule has 2 atom stereocenters. The van der Waals surface area contributed by atoms with Gasteiger partial charge in [-0.2, -0.15) is 0 Å². The zero-order valence-corrected chi connectivity index (χ0v) is 11.0. The highest BCUT2D eigenvalue weighted by Crippen LogP contribution is 2.10.